The summed E-state index contributed by atoms with van der Waals surface area (Å²) in [4.78, 5) is 24.8. The summed E-state index contributed by atoms with van der Waals surface area (Å²) in [6.45, 7) is 2.34. The average Bonchev–Trinajstić information content (AvgIpc) is 3.33. The molecule has 2 aromatic carbocycles. The van der Waals surface area contributed by atoms with Gasteiger partial charge in [-0.2, -0.15) is 0 Å². The number of aromatic amines is 1. The molecule has 0 unspecified atom stereocenters. The van der Waals surface area contributed by atoms with E-state index in [1.807, 2.05) is 43.3 Å². The van der Waals surface area contributed by atoms with Crippen LogP contribution in [0.3, 0.4) is 0 Å². The Balaban J connectivity index is 1.39. The van der Waals surface area contributed by atoms with Gasteiger partial charge in [0.2, 0.25) is 5.91 Å². The molecule has 2 N–H and O–H groups in total. The van der Waals surface area contributed by atoms with Crippen LogP contribution < -0.4 is 11.0 Å². The highest BCUT2D eigenvalue weighted by molar-refractivity contribution is 8.00. The van der Waals surface area contributed by atoms with Crippen LogP contribution in [0.1, 0.15) is 30.0 Å². The van der Waals surface area contributed by atoms with Crippen LogP contribution in [0.5, 0.6) is 0 Å². The van der Waals surface area contributed by atoms with Gasteiger partial charge >= 0.3 is 5.69 Å². The number of carbonyl (C=O) groups excluding carboxylic acids is 1. The van der Waals surface area contributed by atoms with E-state index in [1.54, 1.807) is 4.57 Å². The van der Waals surface area contributed by atoms with E-state index in [-0.39, 0.29) is 16.8 Å². The van der Waals surface area contributed by atoms with Gasteiger partial charge in [-0.3, -0.25) is 9.36 Å². The number of aromatic nitrogens is 3. The van der Waals surface area contributed by atoms with Gasteiger partial charge < -0.3 is 5.32 Å². The zero-order chi connectivity index (χ0) is 20.2. The number of nitrogens with one attached hydrogen (secondary N) is 2. The number of H-pyrrole nitrogens is 1. The lowest BCUT2D eigenvalue weighted by atomic mass is 10.1. The minimum Gasteiger partial charge on any atom is -0.325 e. The first kappa shape index (κ1) is 19.5. The van der Waals surface area contributed by atoms with E-state index in [0.717, 1.165) is 30.5 Å². The van der Waals surface area contributed by atoms with Crippen LogP contribution in [0.25, 0.3) is 0 Å². The van der Waals surface area contributed by atoms with Crippen molar-refractivity contribution in [2.75, 3.05) is 5.32 Å². The smallest absolute Gasteiger partial charge is 0.325 e. The first-order valence-corrected chi connectivity index (χ1v) is 10.8. The van der Waals surface area contributed by atoms with Crippen molar-refractivity contribution >= 4 is 23.4 Å². The highest BCUT2D eigenvalue weighted by atomic mass is 32.2. The summed E-state index contributed by atoms with van der Waals surface area (Å²) < 4.78 is 1.59. The molecule has 3 aromatic rings. The molecule has 0 saturated heterocycles. The molecule has 0 fully saturated rings. The van der Waals surface area contributed by atoms with Crippen LogP contribution in [-0.4, -0.2) is 25.9 Å². The lowest BCUT2D eigenvalue weighted by Crippen LogP contribution is -2.24. The summed E-state index contributed by atoms with van der Waals surface area (Å²) in [6.07, 6.45) is 4.10. The van der Waals surface area contributed by atoms with Gasteiger partial charge in [0, 0.05) is 12.2 Å². The fourth-order valence-corrected chi connectivity index (χ4v) is 4.46. The van der Waals surface area contributed by atoms with E-state index in [1.165, 1.54) is 29.3 Å². The molecule has 1 aliphatic carbocycles. The predicted octanol–water partition coefficient (Wildman–Crippen LogP) is 3.42. The highest BCUT2D eigenvalue weighted by Gasteiger charge is 2.20. The van der Waals surface area contributed by atoms with E-state index >= 15 is 0 Å². The van der Waals surface area contributed by atoms with Gasteiger partial charge in [-0.1, -0.05) is 48.2 Å². The summed E-state index contributed by atoms with van der Waals surface area (Å²) in [7, 11) is 0. The fourth-order valence-electron chi connectivity index (χ4n) is 3.58. The Labute approximate surface area is 173 Å². The lowest BCUT2D eigenvalue weighted by Gasteiger charge is -2.13. The number of hydrogen-bond acceptors (Lipinski definition) is 4. The topological polar surface area (TPSA) is 79.8 Å². The number of benzene rings is 2. The summed E-state index contributed by atoms with van der Waals surface area (Å²) in [6, 6.07) is 16.1. The predicted molar refractivity (Wildman–Crippen MR) is 115 cm³/mol. The SMILES string of the molecule is C[C@H](Sc1n[nH]c(=O)n1CCc1ccccc1)C(=O)Nc1ccc2c(c1)CCC2. The maximum absolute atomic E-state index is 12.7. The number of fused-ring (bicyclic) bond motifs is 1. The molecule has 6 nitrogen and oxygen atoms in total. The average molecular weight is 409 g/mol. The number of amides is 1. The van der Waals surface area contributed by atoms with Crippen molar-refractivity contribution in [2.24, 2.45) is 0 Å². The van der Waals surface area contributed by atoms with Crippen LogP contribution in [0.4, 0.5) is 5.69 Å². The third-order valence-corrected chi connectivity index (χ3v) is 6.30. The van der Waals surface area contributed by atoms with Gasteiger partial charge in [-0.25, -0.2) is 9.89 Å². The number of carbonyl (C=O) groups is 1. The number of hydrogen-bond donors (Lipinski definition) is 2. The Morgan fingerprint density at radius 2 is 2.00 bits per heavy atom. The molecule has 0 aliphatic heterocycles. The van der Waals surface area contributed by atoms with Crippen molar-refractivity contribution in [3.8, 4) is 0 Å². The van der Waals surface area contributed by atoms with Crippen molar-refractivity contribution in [3.05, 3.63) is 75.7 Å². The number of aryl methyl sites for hydroxylation is 3. The molecular weight excluding hydrogens is 384 g/mol. The third kappa shape index (κ3) is 4.62. The zero-order valence-corrected chi connectivity index (χ0v) is 17.2. The van der Waals surface area contributed by atoms with Gasteiger partial charge in [0.05, 0.1) is 5.25 Å². The maximum Gasteiger partial charge on any atom is 0.343 e. The zero-order valence-electron chi connectivity index (χ0n) is 16.4. The highest BCUT2D eigenvalue weighted by Crippen LogP contribution is 2.26. The van der Waals surface area contributed by atoms with Gasteiger partial charge in [-0.15, -0.1) is 5.10 Å². The van der Waals surface area contributed by atoms with Gasteiger partial charge in [0.25, 0.3) is 0 Å². The Morgan fingerprint density at radius 3 is 2.83 bits per heavy atom. The molecule has 150 valence electrons. The van der Waals surface area contributed by atoms with Crippen LogP contribution >= 0.6 is 11.8 Å². The Hall–Kier alpha value is -2.80. The molecule has 1 atom stereocenters. The molecule has 1 heterocycles. The van der Waals surface area contributed by atoms with E-state index in [2.05, 4.69) is 27.6 Å². The van der Waals surface area contributed by atoms with Crippen LogP contribution in [0, 0.1) is 0 Å². The van der Waals surface area contributed by atoms with E-state index in [0.29, 0.717) is 11.7 Å². The number of nitrogens with zero attached hydrogens (tertiary/aromatic N) is 2. The normalized spacial score (nSPS) is 13.8. The maximum atomic E-state index is 12.7. The van der Waals surface area contributed by atoms with Gasteiger partial charge in [0.15, 0.2) is 5.16 Å². The third-order valence-electron chi connectivity index (χ3n) is 5.21. The van der Waals surface area contributed by atoms with E-state index in [9.17, 15) is 9.59 Å². The van der Waals surface area contributed by atoms with E-state index in [4.69, 9.17) is 0 Å². The minimum absolute atomic E-state index is 0.0991. The van der Waals surface area contributed by atoms with Crippen molar-refractivity contribution in [2.45, 2.75) is 49.6 Å². The molecule has 0 radical (unpaired) electrons. The first-order chi connectivity index (χ1) is 14.1. The Bertz CT molecular complexity index is 1060. The monoisotopic (exact) mass is 408 g/mol. The fraction of sp³-hybridized carbons (Fsp3) is 0.318. The number of anilines is 1. The summed E-state index contributed by atoms with van der Waals surface area (Å²) in [5.41, 5.74) is 4.43. The van der Waals surface area contributed by atoms with Crippen LogP contribution in [0.2, 0.25) is 0 Å². The van der Waals surface area contributed by atoms with Gasteiger partial charge in [-0.05, 0) is 61.4 Å². The molecule has 0 saturated carbocycles. The molecule has 1 amide bonds. The summed E-state index contributed by atoms with van der Waals surface area (Å²) in [5, 5.41) is 9.75. The van der Waals surface area contributed by atoms with Gasteiger partial charge in [0.1, 0.15) is 0 Å². The standard InChI is InChI=1S/C22H24N4O2S/c1-15(20(27)23-19-11-10-17-8-5-9-18(17)14-19)29-22-25-24-21(28)26(22)13-12-16-6-3-2-4-7-16/h2-4,6-7,10-11,14-15H,5,8-9,12-13H2,1H3,(H,23,27)(H,24,28)/t15-/m0/s1. The van der Waals surface area contributed by atoms with Crippen LogP contribution in [0.15, 0.2) is 58.5 Å². The second kappa shape index (κ2) is 8.69. The number of thioether (sulfide) groups is 1. The summed E-state index contributed by atoms with van der Waals surface area (Å²) >= 11 is 1.29. The lowest BCUT2D eigenvalue weighted by molar-refractivity contribution is -0.115. The molecular formula is C22H24N4O2S. The van der Waals surface area contributed by atoms with Crippen molar-refractivity contribution in [1.82, 2.24) is 14.8 Å². The van der Waals surface area contributed by atoms with Crippen LogP contribution in [-0.2, 0) is 30.6 Å². The molecule has 7 heteroatoms. The molecule has 0 bridgehead atoms. The molecule has 1 aromatic heterocycles. The van der Waals surface area contributed by atoms with Crippen molar-refractivity contribution in [3.63, 3.8) is 0 Å². The Kier molecular flexibility index (Phi) is 5.85. The molecule has 4 rings (SSSR count). The largest absolute Gasteiger partial charge is 0.343 e. The Morgan fingerprint density at radius 1 is 1.21 bits per heavy atom. The molecule has 29 heavy (non-hydrogen) atoms. The molecule has 0 spiro atoms. The summed E-state index contributed by atoms with van der Waals surface area (Å²) in [5.74, 6) is -0.0991. The second-order valence-electron chi connectivity index (χ2n) is 7.28. The first-order valence-electron chi connectivity index (χ1n) is 9.88. The van der Waals surface area contributed by atoms with Crippen molar-refractivity contribution in [1.29, 1.82) is 0 Å². The quantitative estimate of drug-likeness (QED) is 0.587. The van der Waals surface area contributed by atoms with E-state index < -0.39 is 0 Å². The minimum atomic E-state index is -0.381. The van der Waals surface area contributed by atoms with Crippen molar-refractivity contribution < 1.29 is 4.79 Å². The number of rotatable bonds is 7. The molecule has 1 aliphatic rings. The second-order valence-corrected chi connectivity index (χ2v) is 8.59.